The van der Waals surface area contributed by atoms with E-state index in [1.165, 1.54) is 5.56 Å². The Labute approximate surface area is 111 Å². The fourth-order valence-corrected chi connectivity index (χ4v) is 2.40. The first kappa shape index (κ1) is 11.4. The molecule has 0 bridgehead atoms. The van der Waals surface area contributed by atoms with Crippen molar-refractivity contribution < 1.29 is 4.42 Å². The van der Waals surface area contributed by atoms with Crippen LogP contribution in [0.5, 0.6) is 0 Å². The molecule has 1 aromatic carbocycles. The average molecular weight is 258 g/mol. The number of hydrogen-bond acceptors (Lipinski definition) is 3. The minimum Gasteiger partial charge on any atom is -0.461 e. The average Bonchev–Trinajstić information content (AvgIpc) is 2.99. The van der Waals surface area contributed by atoms with Crippen LogP contribution in [0.2, 0.25) is 0 Å². The summed E-state index contributed by atoms with van der Waals surface area (Å²) in [7, 11) is 2.01. The van der Waals surface area contributed by atoms with Gasteiger partial charge in [0, 0.05) is 7.05 Å². The standard InChI is InChI=1S/C14H14N2OS/c1-16-12-9-10(6-8-18)4-5-11(12)15-14(16)13-3-2-7-17-13/h2-5,7,9,18H,6,8H2,1H3. The van der Waals surface area contributed by atoms with E-state index in [9.17, 15) is 0 Å². The van der Waals surface area contributed by atoms with Crippen molar-refractivity contribution in [2.75, 3.05) is 5.75 Å². The van der Waals surface area contributed by atoms with Crippen molar-refractivity contribution in [3.63, 3.8) is 0 Å². The predicted molar refractivity (Wildman–Crippen MR) is 76.0 cm³/mol. The van der Waals surface area contributed by atoms with Crippen LogP contribution in [0, 0.1) is 0 Å². The highest BCUT2D eigenvalue weighted by atomic mass is 32.1. The smallest absolute Gasteiger partial charge is 0.176 e. The normalized spacial score (nSPS) is 11.2. The molecule has 0 saturated heterocycles. The van der Waals surface area contributed by atoms with Crippen molar-refractivity contribution in [2.24, 2.45) is 7.05 Å². The summed E-state index contributed by atoms with van der Waals surface area (Å²) in [6, 6.07) is 10.1. The predicted octanol–water partition coefficient (Wildman–Crippen LogP) is 3.31. The van der Waals surface area contributed by atoms with E-state index in [0.29, 0.717) is 0 Å². The van der Waals surface area contributed by atoms with Crippen LogP contribution in [0.15, 0.2) is 41.0 Å². The zero-order chi connectivity index (χ0) is 12.5. The number of imidazole rings is 1. The van der Waals surface area contributed by atoms with Gasteiger partial charge >= 0.3 is 0 Å². The molecule has 0 amide bonds. The van der Waals surface area contributed by atoms with E-state index in [1.807, 2.05) is 19.2 Å². The van der Waals surface area contributed by atoms with E-state index in [2.05, 4.69) is 40.4 Å². The number of fused-ring (bicyclic) bond motifs is 1. The summed E-state index contributed by atoms with van der Waals surface area (Å²) in [5, 5.41) is 0. The van der Waals surface area contributed by atoms with E-state index in [1.54, 1.807) is 6.26 Å². The minimum atomic E-state index is 0.796. The molecule has 0 aliphatic carbocycles. The Morgan fingerprint density at radius 3 is 2.94 bits per heavy atom. The molecule has 0 unspecified atom stereocenters. The molecule has 2 heterocycles. The van der Waals surface area contributed by atoms with Crippen LogP contribution >= 0.6 is 12.6 Å². The lowest BCUT2D eigenvalue weighted by Crippen LogP contribution is -1.92. The molecule has 2 aromatic heterocycles. The number of hydrogen-bond donors (Lipinski definition) is 1. The molecular weight excluding hydrogens is 244 g/mol. The topological polar surface area (TPSA) is 31.0 Å². The van der Waals surface area contributed by atoms with Crippen LogP contribution in [-0.2, 0) is 13.5 Å². The van der Waals surface area contributed by atoms with Gasteiger partial charge in [-0.1, -0.05) is 6.07 Å². The van der Waals surface area contributed by atoms with Gasteiger partial charge in [0.1, 0.15) is 0 Å². The largest absolute Gasteiger partial charge is 0.461 e. The number of nitrogens with zero attached hydrogens (tertiary/aromatic N) is 2. The van der Waals surface area contributed by atoms with Crippen LogP contribution in [0.1, 0.15) is 5.56 Å². The SMILES string of the molecule is Cn1c(-c2ccco2)nc2ccc(CCS)cc21. The summed E-state index contributed by atoms with van der Waals surface area (Å²) < 4.78 is 7.48. The number of aryl methyl sites for hydroxylation is 2. The Morgan fingerprint density at radius 1 is 1.33 bits per heavy atom. The van der Waals surface area contributed by atoms with Crippen molar-refractivity contribution >= 4 is 23.7 Å². The molecule has 0 fully saturated rings. The maximum absolute atomic E-state index is 5.41. The number of furan rings is 1. The van der Waals surface area contributed by atoms with E-state index >= 15 is 0 Å². The van der Waals surface area contributed by atoms with Crippen molar-refractivity contribution in [1.29, 1.82) is 0 Å². The Kier molecular flexibility index (Phi) is 2.88. The van der Waals surface area contributed by atoms with E-state index in [4.69, 9.17) is 4.42 Å². The second kappa shape index (κ2) is 4.53. The monoisotopic (exact) mass is 258 g/mol. The molecule has 4 heteroatoms. The van der Waals surface area contributed by atoms with Gasteiger partial charge in [0.25, 0.3) is 0 Å². The van der Waals surface area contributed by atoms with E-state index < -0.39 is 0 Å². The lowest BCUT2D eigenvalue weighted by atomic mass is 10.1. The highest BCUT2D eigenvalue weighted by molar-refractivity contribution is 7.80. The Balaban J connectivity index is 2.16. The van der Waals surface area contributed by atoms with Crippen LogP contribution in [-0.4, -0.2) is 15.3 Å². The summed E-state index contributed by atoms with van der Waals surface area (Å²) in [6.07, 6.45) is 2.64. The molecule has 0 spiro atoms. The first-order valence-corrected chi connectivity index (χ1v) is 6.53. The molecule has 3 rings (SSSR count). The molecule has 3 nitrogen and oxygen atoms in total. The summed E-state index contributed by atoms with van der Waals surface area (Å²) in [5.41, 5.74) is 3.40. The van der Waals surface area contributed by atoms with E-state index in [0.717, 1.165) is 34.8 Å². The van der Waals surface area contributed by atoms with Crippen LogP contribution in [0.3, 0.4) is 0 Å². The number of benzene rings is 1. The Hall–Kier alpha value is -1.68. The number of thiol groups is 1. The summed E-state index contributed by atoms with van der Waals surface area (Å²) in [4.78, 5) is 4.61. The lowest BCUT2D eigenvalue weighted by Gasteiger charge is -2.01. The van der Waals surface area contributed by atoms with E-state index in [-0.39, 0.29) is 0 Å². The zero-order valence-corrected chi connectivity index (χ0v) is 11.0. The van der Waals surface area contributed by atoms with Crippen LogP contribution in [0.4, 0.5) is 0 Å². The molecule has 0 N–H and O–H groups in total. The quantitative estimate of drug-likeness (QED) is 0.731. The van der Waals surface area contributed by atoms with Gasteiger partial charge in [-0.25, -0.2) is 4.98 Å². The molecular formula is C14H14N2OS. The second-order valence-corrected chi connectivity index (χ2v) is 4.72. The third kappa shape index (κ3) is 1.82. The van der Waals surface area contributed by atoms with Gasteiger partial charge < -0.3 is 8.98 Å². The van der Waals surface area contributed by atoms with Crippen molar-refractivity contribution in [2.45, 2.75) is 6.42 Å². The maximum Gasteiger partial charge on any atom is 0.176 e. The molecule has 3 aromatic rings. The molecule has 0 radical (unpaired) electrons. The maximum atomic E-state index is 5.41. The third-order valence-corrected chi connectivity index (χ3v) is 3.31. The second-order valence-electron chi connectivity index (χ2n) is 4.27. The van der Waals surface area contributed by atoms with Crippen molar-refractivity contribution in [3.8, 4) is 11.6 Å². The Morgan fingerprint density at radius 2 is 2.22 bits per heavy atom. The molecule has 0 atom stereocenters. The van der Waals surface area contributed by atoms with Gasteiger partial charge in [-0.3, -0.25) is 0 Å². The molecule has 0 saturated carbocycles. The van der Waals surface area contributed by atoms with Crippen molar-refractivity contribution in [1.82, 2.24) is 9.55 Å². The summed E-state index contributed by atoms with van der Waals surface area (Å²) in [5.74, 6) is 2.51. The first-order chi connectivity index (χ1) is 8.79. The van der Waals surface area contributed by atoms with Crippen LogP contribution in [0.25, 0.3) is 22.6 Å². The highest BCUT2D eigenvalue weighted by Crippen LogP contribution is 2.24. The van der Waals surface area contributed by atoms with Gasteiger partial charge in [-0.15, -0.1) is 0 Å². The van der Waals surface area contributed by atoms with Gasteiger partial charge in [-0.05, 0) is 42.0 Å². The van der Waals surface area contributed by atoms with Gasteiger partial charge in [-0.2, -0.15) is 12.6 Å². The molecule has 0 aliphatic heterocycles. The van der Waals surface area contributed by atoms with Gasteiger partial charge in [0.2, 0.25) is 0 Å². The molecule has 92 valence electrons. The molecule has 18 heavy (non-hydrogen) atoms. The minimum absolute atomic E-state index is 0.796. The highest BCUT2D eigenvalue weighted by Gasteiger charge is 2.11. The third-order valence-electron chi connectivity index (χ3n) is 3.09. The van der Waals surface area contributed by atoms with Gasteiger partial charge in [0.15, 0.2) is 11.6 Å². The summed E-state index contributed by atoms with van der Waals surface area (Å²) >= 11 is 4.27. The van der Waals surface area contributed by atoms with Gasteiger partial charge in [0.05, 0.1) is 17.3 Å². The fourth-order valence-electron chi connectivity index (χ4n) is 2.15. The fraction of sp³-hybridized carbons (Fsp3) is 0.214. The lowest BCUT2D eigenvalue weighted by molar-refractivity contribution is 0.574. The Bertz CT molecular complexity index is 670. The van der Waals surface area contributed by atoms with Crippen molar-refractivity contribution in [3.05, 3.63) is 42.2 Å². The first-order valence-electron chi connectivity index (χ1n) is 5.89. The number of rotatable bonds is 3. The number of aromatic nitrogens is 2. The summed E-state index contributed by atoms with van der Waals surface area (Å²) in [6.45, 7) is 0. The molecule has 0 aliphatic rings. The van der Waals surface area contributed by atoms with Crippen LogP contribution < -0.4 is 0 Å². The zero-order valence-electron chi connectivity index (χ0n) is 10.1.